The largest absolute Gasteiger partial charge is 0.493 e. The second-order valence-electron chi connectivity index (χ2n) is 9.26. The molecule has 1 heterocycles. The fourth-order valence-electron chi connectivity index (χ4n) is 5.35. The highest BCUT2D eigenvalue weighted by atomic mass is 79.9. The van der Waals surface area contributed by atoms with Crippen LogP contribution in [-0.2, 0) is 4.79 Å². The van der Waals surface area contributed by atoms with Crippen LogP contribution in [0.3, 0.4) is 0 Å². The third-order valence-corrected chi connectivity index (χ3v) is 7.61. The number of methoxy groups -OCH3 is 1. The number of ketones is 1. The molecule has 0 amide bonds. The van der Waals surface area contributed by atoms with Crippen molar-refractivity contribution in [3.63, 3.8) is 0 Å². The molecule has 4 aromatic rings. The Bertz CT molecular complexity index is 1590. The van der Waals surface area contributed by atoms with Crippen molar-refractivity contribution in [2.45, 2.75) is 25.3 Å². The summed E-state index contributed by atoms with van der Waals surface area (Å²) in [6.07, 6.45) is 2.25. The van der Waals surface area contributed by atoms with E-state index in [1.54, 1.807) is 37.4 Å². The minimum Gasteiger partial charge on any atom is -0.493 e. The van der Waals surface area contributed by atoms with Crippen LogP contribution >= 0.6 is 15.9 Å². The average molecular weight is 554 g/mol. The first-order valence-corrected chi connectivity index (χ1v) is 13.0. The number of anilines is 1. The molecule has 0 bridgehead atoms. The van der Waals surface area contributed by atoms with Crippen LogP contribution in [0, 0.1) is 0 Å². The monoisotopic (exact) mass is 553 g/mol. The van der Waals surface area contributed by atoms with Gasteiger partial charge in [0.1, 0.15) is 0 Å². The third kappa shape index (κ3) is 4.21. The predicted octanol–water partition coefficient (Wildman–Crippen LogP) is 7.50. The molecule has 4 aromatic carbocycles. The van der Waals surface area contributed by atoms with Crippen molar-refractivity contribution in [1.29, 1.82) is 0 Å². The summed E-state index contributed by atoms with van der Waals surface area (Å²) >= 11 is 3.37. The van der Waals surface area contributed by atoms with Crippen LogP contribution in [-0.4, -0.2) is 18.9 Å². The number of esters is 1. The second-order valence-corrected chi connectivity index (χ2v) is 10.2. The lowest BCUT2D eigenvalue weighted by molar-refractivity contribution is -0.116. The molecule has 0 aromatic heterocycles. The van der Waals surface area contributed by atoms with E-state index in [1.807, 2.05) is 24.3 Å². The maximum Gasteiger partial charge on any atom is 0.343 e. The second kappa shape index (κ2) is 9.52. The van der Waals surface area contributed by atoms with Crippen molar-refractivity contribution in [3.05, 3.63) is 106 Å². The number of allylic oxidation sites excluding steroid dienone is 1. The molecule has 0 fully saturated rings. The van der Waals surface area contributed by atoms with Crippen molar-refractivity contribution in [2.24, 2.45) is 0 Å². The smallest absolute Gasteiger partial charge is 0.343 e. The summed E-state index contributed by atoms with van der Waals surface area (Å²) in [4.78, 5) is 26.0. The molecular formula is C31H24BrNO4. The minimum atomic E-state index is -0.470. The first kappa shape index (κ1) is 23.5. The predicted molar refractivity (Wildman–Crippen MR) is 148 cm³/mol. The Morgan fingerprint density at radius 1 is 0.946 bits per heavy atom. The Morgan fingerprint density at radius 2 is 1.76 bits per heavy atom. The van der Waals surface area contributed by atoms with Gasteiger partial charge < -0.3 is 14.8 Å². The molecule has 1 aliphatic heterocycles. The maximum absolute atomic E-state index is 13.3. The molecule has 0 radical (unpaired) electrons. The lowest BCUT2D eigenvalue weighted by Crippen LogP contribution is -2.27. The summed E-state index contributed by atoms with van der Waals surface area (Å²) in [5.41, 5.74) is 5.40. The number of fused-ring (bicyclic) bond motifs is 4. The zero-order chi connectivity index (χ0) is 25.5. The molecule has 0 saturated carbocycles. The van der Waals surface area contributed by atoms with Crippen LogP contribution in [0.5, 0.6) is 11.5 Å². The molecule has 6 rings (SSSR count). The van der Waals surface area contributed by atoms with Crippen LogP contribution in [0.15, 0.2) is 88.9 Å². The summed E-state index contributed by atoms with van der Waals surface area (Å²) < 4.78 is 12.1. The van der Waals surface area contributed by atoms with Crippen LogP contribution < -0.4 is 14.8 Å². The summed E-state index contributed by atoms with van der Waals surface area (Å²) in [5, 5.41) is 5.94. The number of hydrogen-bond donors (Lipinski definition) is 1. The molecule has 6 heteroatoms. The highest BCUT2D eigenvalue weighted by molar-refractivity contribution is 9.10. The third-order valence-electron chi connectivity index (χ3n) is 7.08. The molecule has 184 valence electrons. The van der Waals surface area contributed by atoms with E-state index >= 15 is 0 Å². The van der Waals surface area contributed by atoms with Gasteiger partial charge >= 0.3 is 5.97 Å². The van der Waals surface area contributed by atoms with Crippen molar-refractivity contribution >= 4 is 49.7 Å². The lowest BCUT2D eigenvalue weighted by Gasteiger charge is -2.35. The van der Waals surface area contributed by atoms with E-state index in [4.69, 9.17) is 9.47 Å². The number of hydrogen-bond acceptors (Lipinski definition) is 5. The lowest BCUT2D eigenvalue weighted by atomic mass is 9.77. The van der Waals surface area contributed by atoms with Crippen LogP contribution in [0.2, 0.25) is 0 Å². The maximum atomic E-state index is 13.3. The molecule has 0 saturated heterocycles. The number of Topliss-reactive ketones (excluding diaryl/α,β-unsaturated/α-hetero) is 1. The molecule has 2 aliphatic rings. The fourth-order valence-corrected chi connectivity index (χ4v) is 5.61. The molecule has 37 heavy (non-hydrogen) atoms. The first-order valence-electron chi connectivity index (χ1n) is 12.2. The van der Waals surface area contributed by atoms with Crippen LogP contribution in [0.4, 0.5) is 5.69 Å². The van der Waals surface area contributed by atoms with Gasteiger partial charge in [0.25, 0.3) is 0 Å². The summed E-state index contributed by atoms with van der Waals surface area (Å²) in [6, 6.07) is 24.6. The number of rotatable bonds is 4. The quantitative estimate of drug-likeness (QED) is 0.209. The van der Waals surface area contributed by atoms with Gasteiger partial charge in [-0.1, -0.05) is 52.3 Å². The number of benzene rings is 4. The van der Waals surface area contributed by atoms with E-state index in [-0.39, 0.29) is 11.8 Å². The number of nitrogens with one attached hydrogen (secondary N) is 1. The Kier molecular flexibility index (Phi) is 6.05. The zero-order valence-corrected chi connectivity index (χ0v) is 21.8. The van der Waals surface area contributed by atoms with Crippen LogP contribution in [0.1, 0.15) is 46.8 Å². The van der Waals surface area contributed by atoms with E-state index in [2.05, 4.69) is 45.5 Å². The van der Waals surface area contributed by atoms with Crippen molar-refractivity contribution in [3.8, 4) is 11.5 Å². The van der Waals surface area contributed by atoms with E-state index < -0.39 is 5.97 Å². The van der Waals surface area contributed by atoms with Gasteiger partial charge in [0.2, 0.25) is 0 Å². The average Bonchev–Trinajstić information content (AvgIpc) is 2.93. The summed E-state index contributed by atoms with van der Waals surface area (Å²) in [6.45, 7) is 0. The molecular weight excluding hydrogens is 530 g/mol. The van der Waals surface area contributed by atoms with E-state index in [9.17, 15) is 9.59 Å². The Hall–Kier alpha value is -3.90. The van der Waals surface area contributed by atoms with Gasteiger partial charge in [0.05, 0.1) is 18.7 Å². The van der Waals surface area contributed by atoms with Gasteiger partial charge in [0.15, 0.2) is 17.3 Å². The van der Waals surface area contributed by atoms with Crippen LogP contribution in [0.25, 0.3) is 16.3 Å². The number of carbonyl (C=O) groups excluding carboxylic acids is 2. The number of halogens is 1. The van der Waals surface area contributed by atoms with Gasteiger partial charge in [-0.3, -0.25) is 4.79 Å². The van der Waals surface area contributed by atoms with Gasteiger partial charge in [-0.15, -0.1) is 0 Å². The van der Waals surface area contributed by atoms with Gasteiger partial charge in [-0.05, 0) is 77.2 Å². The number of carbonyl (C=O) groups is 2. The van der Waals surface area contributed by atoms with Crippen molar-refractivity contribution in [1.82, 2.24) is 0 Å². The summed E-state index contributed by atoms with van der Waals surface area (Å²) in [7, 11) is 1.54. The molecule has 5 nitrogen and oxygen atoms in total. The molecule has 1 aliphatic carbocycles. The Labute approximate surface area is 223 Å². The molecule has 1 atom stereocenters. The van der Waals surface area contributed by atoms with Gasteiger partial charge in [-0.25, -0.2) is 4.79 Å². The number of ether oxygens (including phenoxy) is 2. The highest BCUT2D eigenvalue weighted by Gasteiger charge is 2.35. The zero-order valence-electron chi connectivity index (χ0n) is 20.2. The van der Waals surface area contributed by atoms with E-state index in [0.717, 1.165) is 56.0 Å². The molecule has 0 unspecified atom stereocenters. The fraction of sp³-hybridized carbons (Fsp3) is 0.161. The van der Waals surface area contributed by atoms with Crippen molar-refractivity contribution in [2.75, 3.05) is 12.4 Å². The molecule has 0 spiro atoms. The van der Waals surface area contributed by atoms with Gasteiger partial charge in [0, 0.05) is 27.7 Å². The molecule has 1 N–H and O–H groups in total. The Morgan fingerprint density at radius 3 is 2.57 bits per heavy atom. The topological polar surface area (TPSA) is 64.6 Å². The minimum absolute atomic E-state index is 0.169. The highest BCUT2D eigenvalue weighted by Crippen LogP contribution is 2.48. The van der Waals surface area contributed by atoms with Crippen molar-refractivity contribution < 1.29 is 19.1 Å². The standard InChI is InChI=1S/C31H24BrNO4/c1-36-27-17-20(12-16-26(27)37-31(35)19-9-13-21(32)14-10-19)30-29-23(7-4-8-25(29)34)28-22-6-3-2-5-18(22)11-15-24(28)33-30/h2-3,5-6,9-17,30,33H,4,7-8H2,1H3/t30-/m0/s1. The van der Waals surface area contributed by atoms with Gasteiger partial charge in [-0.2, -0.15) is 0 Å². The first-order chi connectivity index (χ1) is 18.0. The SMILES string of the molecule is COc1cc([C@@H]2Nc3ccc4ccccc4c3C3=C2C(=O)CCC3)ccc1OC(=O)c1ccc(Br)cc1. The van der Waals surface area contributed by atoms with E-state index in [1.165, 1.54) is 0 Å². The Balaban J connectivity index is 1.40. The van der Waals surface area contributed by atoms with E-state index in [0.29, 0.717) is 23.5 Å². The summed E-state index contributed by atoms with van der Waals surface area (Å²) in [5.74, 6) is 0.453. The normalized spacial score (nSPS) is 16.6.